The Kier molecular flexibility index (Phi) is 21.4. The minimum atomic E-state index is 0.237. The quantitative estimate of drug-likeness (QED) is 0.167. The molecule has 0 amide bonds. The van der Waals surface area contributed by atoms with E-state index < -0.39 is 0 Å². The summed E-state index contributed by atoms with van der Waals surface area (Å²) in [4.78, 5) is 4.87. The molecule has 1 saturated carbocycles. The van der Waals surface area contributed by atoms with E-state index in [0.717, 1.165) is 30.0 Å². The first-order valence-electron chi connectivity index (χ1n) is 19.6. The third-order valence-corrected chi connectivity index (χ3v) is 9.22. The molecule has 0 N–H and O–H groups in total. The van der Waals surface area contributed by atoms with Crippen LogP contribution in [0.15, 0.2) is 78.9 Å². The van der Waals surface area contributed by atoms with Gasteiger partial charge in [-0.3, -0.25) is 0 Å². The van der Waals surface area contributed by atoms with Crippen molar-refractivity contribution in [2.75, 3.05) is 0 Å². The maximum Gasteiger partial charge on any atom is 0.0711 e. The van der Waals surface area contributed by atoms with Gasteiger partial charge in [-0.25, -0.2) is 4.98 Å². The number of fused-ring (bicyclic) bond motifs is 1. The molecule has 48 heavy (non-hydrogen) atoms. The molecule has 1 nitrogen and oxygen atoms in total. The molecule has 3 aromatic carbocycles. The summed E-state index contributed by atoms with van der Waals surface area (Å²) in [5.74, 6) is 1.45. The fraction of sp³-hybridized carbons (Fsp3) is 0.511. The van der Waals surface area contributed by atoms with Crippen molar-refractivity contribution in [1.29, 1.82) is 0 Å². The average Bonchev–Trinajstić information content (AvgIpc) is 3.15. The van der Waals surface area contributed by atoms with Gasteiger partial charge in [-0.15, -0.1) is 0 Å². The molecule has 1 aliphatic carbocycles. The van der Waals surface area contributed by atoms with Crippen molar-refractivity contribution in [3.63, 3.8) is 0 Å². The lowest BCUT2D eigenvalue weighted by Crippen LogP contribution is -2.24. The molecule has 0 bridgehead atoms. The second kappa shape index (κ2) is 24.0. The summed E-state index contributed by atoms with van der Waals surface area (Å²) >= 11 is 0. The van der Waals surface area contributed by atoms with Crippen molar-refractivity contribution in [1.82, 2.24) is 4.98 Å². The van der Waals surface area contributed by atoms with Crippen LogP contribution in [-0.2, 0) is 11.8 Å². The minimum absolute atomic E-state index is 0.237. The number of hydrogen-bond acceptors (Lipinski definition) is 1. The molecule has 0 aliphatic heterocycles. The Labute approximate surface area is 297 Å². The van der Waals surface area contributed by atoms with Gasteiger partial charge in [0.05, 0.1) is 11.2 Å². The third kappa shape index (κ3) is 13.4. The van der Waals surface area contributed by atoms with Crippen LogP contribution in [0.25, 0.3) is 23.1 Å². The highest BCUT2D eigenvalue weighted by atomic mass is 14.7. The van der Waals surface area contributed by atoms with Gasteiger partial charge in [0.15, 0.2) is 0 Å². The van der Waals surface area contributed by atoms with Crippen molar-refractivity contribution in [3.05, 3.63) is 112 Å². The zero-order chi connectivity index (χ0) is 36.0. The molecule has 1 heteroatoms. The first kappa shape index (κ1) is 42.8. The molecule has 264 valence electrons. The summed E-state index contributed by atoms with van der Waals surface area (Å²) in [6.07, 6.45) is 16.3. The summed E-state index contributed by atoms with van der Waals surface area (Å²) in [5, 5.41) is 1.19. The predicted molar refractivity (Wildman–Crippen MR) is 219 cm³/mol. The Hall–Kier alpha value is -3.19. The van der Waals surface area contributed by atoms with Crippen LogP contribution < -0.4 is 0 Å². The molecule has 1 fully saturated rings. The predicted octanol–water partition coefficient (Wildman–Crippen LogP) is 15.2. The molecule has 1 heterocycles. The van der Waals surface area contributed by atoms with Crippen molar-refractivity contribution in [3.8, 4) is 0 Å². The van der Waals surface area contributed by atoms with Gasteiger partial charge in [0.1, 0.15) is 0 Å². The van der Waals surface area contributed by atoms with Crippen LogP contribution in [0.5, 0.6) is 0 Å². The van der Waals surface area contributed by atoms with Crippen molar-refractivity contribution < 1.29 is 0 Å². The van der Waals surface area contributed by atoms with Crippen LogP contribution in [0.1, 0.15) is 167 Å². The molecule has 4 aromatic rings. The minimum Gasteiger partial charge on any atom is -0.248 e. The van der Waals surface area contributed by atoms with E-state index in [4.69, 9.17) is 4.98 Å². The molecule has 1 unspecified atom stereocenters. The average molecular weight is 650 g/mol. The lowest BCUT2D eigenvalue weighted by Gasteiger charge is -2.34. The van der Waals surface area contributed by atoms with E-state index in [-0.39, 0.29) is 5.41 Å². The Morgan fingerprint density at radius 1 is 0.750 bits per heavy atom. The Balaban J connectivity index is 0.00000134. The third-order valence-electron chi connectivity index (χ3n) is 9.22. The van der Waals surface area contributed by atoms with Crippen molar-refractivity contribution >= 4 is 23.1 Å². The summed E-state index contributed by atoms with van der Waals surface area (Å²) in [6.45, 7) is 25.4. The Morgan fingerprint density at radius 3 is 2.10 bits per heavy atom. The van der Waals surface area contributed by atoms with Crippen LogP contribution in [0.2, 0.25) is 0 Å². The van der Waals surface area contributed by atoms with Gasteiger partial charge < -0.3 is 0 Å². The second-order valence-electron chi connectivity index (χ2n) is 12.8. The highest BCUT2D eigenvalue weighted by molar-refractivity contribution is 5.81. The second-order valence-corrected chi connectivity index (χ2v) is 12.8. The maximum absolute atomic E-state index is 4.87. The van der Waals surface area contributed by atoms with Crippen LogP contribution in [0.4, 0.5) is 0 Å². The van der Waals surface area contributed by atoms with E-state index in [1.165, 1.54) is 67.0 Å². The summed E-state index contributed by atoms with van der Waals surface area (Å²) in [6, 6.07) is 29.2. The number of rotatable bonds is 10. The number of aromatic nitrogens is 1. The van der Waals surface area contributed by atoms with Crippen LogP contribution in [0.3, 0.4) is 0 Å². The van der Waals surface area contributed by atoms with Gasteiger partial charge in [0.25, 0.3) is 0 Å². The molecule has 1 atom stereocenters. The summed E-state index contributed by atoms with van der Waals surface area (Å²) < 4.78 is 0. The normalized spacial score (nSPS) is 13.5. The highest BCUT2D eigenvalue weighted by Crippen LogP contribution is 2.39. The van der Waals surface area contributed by atoms with Gasteiger partial charge in [-0.1, -0.05) is 181 Å². The number of benzene rings is 3. The first-order chi connectivity index (χ1) is 23.4. The van der Waals surface area contributed by atoms with Crippen LogP contribution in [0, 0.1) is 12.8 Å². The van der Waals surface area contributed by atoms with E-state index in [1.807, 2.05) is 55.4 Å². The lowest BCUT2D eigenvalue weighted by molar-refractivity contribution is 0.279. The topological polar surface area (TPSA) is 12.9 Å². The monoisotopic (exact) mass is 650 g/mol. The van der Waals surface area contributed by atoms with Gasteiger partial charge in [0.2, 0.25) is 0 Å². The van der Waals surface area contributed by atoms with Gasteiger partial charge in [-0.05, 0) is 95.9 Å². The standard InChI is InChI=1S/C39H47N.4C2H6/c1-5-32(21-22-33-15-9-10-17-37(33)39(3,4)28-31-12-7-6-8-13-31)35-16-11-14-30(27-35)19-24-36-25-23-34-20-18-29(2)26-38(34)40-36;4*1-2/h9-11,14-20,23-27,31-32H,5-8,12-13,21-22,28H2,1-4H3;4*1-2H3/b24-19+;;;;. The maximum atomic E-state index is 4.87. The highest BCUT2D eigenvalue weighted by Gasteiger charge is 2.28. The Morgan fingerprint density at radius 2 is 1.42 bits per heavy atom. The largest absolute Gasteiger partial charge is 0.248 e. The molecule has 0 saturated heterocycles. The fourth-order valence-corrected chi connectivity index (χ4v) is 6.99. The Bertz CT molecular complexity index is 1440. The SMILES string of the molecule is CC.CC.CC.CC.CCC(CCc1ccccc1C(C)(C)CC1CCCCC1)c1cccc(/C=C/c2ccc3ccc(C)cc3n2)c1. The summed E-state index contributed by atoms with van der Waals surface area (Å²) in [7, 11) is 0. The van der Waals surface area contributed by atoms with Crippen LogP contribution >= 0.6 is 0 Å². The van der Waals surface area contributed by atoms with E-state index >= 15 is 0 Å². The zero-order valence-electron chi connectivity index (χ0n) is 33.1. The molecule has 0 spiro atoms. The molecule has 1 aliphatic rings. The van der Waals surface area contributed by atoms with E-state index in [0.29, 0.717) is 5.92 Å². The smallest absolute Gasteiger partial charge is 0.0711 e. The van der Waals surface area contributed by atoms with Gasteiger partial charge in [-0.2, -0.15) is 0 Å². The number of hydrogen-bond donors (Lipinski definition) is 0. The molecular weight excluding hydrogens is 579 g/mol. The number of aryl methyl sites for hydroxylation is 2. The fourth-order valence-electron chi connectivity index (χ4n) is 6.99. The molecule has 0 radical (unpaired) electrons. The van der Waals surface area contributed by atoms with Gasteiger partial charge in [0, 0.05) is 5.39 Å². The van der Waals surface area contributed by atoms with Gasteiger partial charge >= 0.3 is 0 Å². The number of nitrogens with zero attached hydrogens (tertiary/aromatic N) is 1. The van der Waals surface area contributed by atoms with Crippen molar-refractivity contribution in [2.24, 2.45) is 5.92 Å². The lowest BCUT2D eigenvalue weighted by atomic mass is 9.71. The zero-order valence-corrected chi connectivity index (χ0v) is 33.1. The molecule has 5 rings (SSSR count). The van der Waals surface area contributed by atoms with E-state index in [9.17, 15) is 0 Å². The molecule has 1 aromatic heterocycles. The first-order valence-corrected chi connectivity index (χ1v) is 19.6. The van der Waals surface area contributed by atoms with E-state index in [2.05, 4.69) is 119 Å². The number of pyridine rings is 1. The van der Waals surface area contributed by atoms with E-state index in [1.54, 1.807) is 11.1 Å². The van der Waals surface area contributed by atoms with Crippen LogP contribution in [-0.4, -0.2) is 4.98 Å². The summed E-state index contributed by atoms with van der Waals surface area (Å²) in [5.41, 5.74) is 9.37. The molecular formula is C47H71N. The van der Waals surface area contributed by atoms with Crippen molar-refractivity contribution in [2.45, 2.75) is 152 Å².